The van der Waals surface area contributed by atoms with E-state index in [4.69, 9.17) is 14.8 Å². The molecule has 29 heavy (non-hydrogen) atoms. The zero-order valence-corrected chi connectivity index (χ0v) is 18.2. The minimum Gasteiger partial charge on any atom is -0.335 e. The lowest BCUT2D eigenvalue weighted by atomic mass is 9.99. The standard InChI is InChI=1S/C14H18N4O.2CH4O3S/c1-8(2)18-7-11-9(5-12(15)14(18)19)3-4-13-10(11)6-16-17-13;2*1-5(2,3)4/h3-4,6,8,12H,5,7,15H2,1-2H3,(H,16,17);2*1H3,(H,2,3,4). The molecule has 0 radical (unpaired) electrons. The van der Waals surface area contributed by atoms with E-state index < -0.39 is 26.3 Å². The van der Waals surface area contributed by atoms with E-state index in [9.17, 15) is 21.6 Å². The predicted molar refractivity (Wildman–Crippen MR) is 108 cm³/mol. The zero-order valence-electron chi connectivity index (χ0n) is 16.5. The molecular formula is C16H26N4O7S2. The van der Waals surface area contributed by atoms with Crippen LogP contribution in [0.15, 0.2) is 18.3 Å². The molecular weight excluding hydrogens is 424 g/mol. The Bertz CT molecular complexity index is 1020. The first-order valence-corrected chi connectivity index (χ1v) is 12.1. The third-order valence-corrected chi connectivity index (χ3v) is 3.82. The molecule has 1 unspecified atom stereocenters. The van der Waals surface area contributed by atoms with Crippen molar-refractivity contribution in [3.05, 3.63) is 29.5 Å². The molecule has 1 aliphatic rings. The summed E-state index contributed by atoms with van der Waals surface area (Å²) in [6.07, 6.45) is 3.85. The van der Waals surface area contributed by atoms with Gasteiger partial charge in [-0.3, -0.25) is 19.0 Å². The minimum absolute atomic E-state index is 0.0304. The molecule has 0 aliphatic carbocycles. The number of rotatable bonds is 1. The second-order valence-electron chi connectivity index (χ2n) is 6.87. The molecule has 0 saturated carbocycles. The number of carbonyl (C=O) groups excluding carboxylic acids is 1. The molecule has 13 heteroatoms. The van der Waals surface area contributed by atoms with E-state index in [0.717, 1.165) is 16.5 Å². The second kappa shape index (κ2) is 9.63. The second-order valence-corrected chi connectivity index (χ2v) is 9.80. The Hall–Kier alpha value is -2.06. The van der Waals surface area contributed by atoms with Crippen molar-refractivity contribution in [2.24, 2.45) is 5.73 Å². The lowest BCUT2D eigenvalue weighted by Crippen LogP contribution is -2.45. The Balaban J connectivity index is 0.000000353. The summed E-state index contributed by atoms with van der Waals surface area (Å²) in [5, 5.41) is 8.15. The van der Waals surface area contributed by atoms with Gasteiger partial charge in [-0.2, -0.15) is 21.9 Å². The van der Waals surface area contributed by atoms with Crippen molar-refractivity contribution < 1.29 is 30.7 Å². The Morgan fingerprint density at radius 3 is 2.17 bits per heavy atom. The van der Waals surface area contributed by atoms with Crippen molar-refractivity contribution in [1.29, 1.82) is 0 Å². The third-order valence-electron chi connectivity index (χ3n) is 3.82. The molecule has 0 bridgehead atoms. The monoisotopic (exact) mass is 450 g/mol. The first kappa shape index (κ1) is 25.0. The van der Waals surface area contributed by atoms with E-state index >= 15 is 0 Å². The predicted octanol–water partition coefficient (Wildman–Crippen LogP) is 0.191. The number of H-pyrrole nitrogens is 1. The number of nitrogens with two attached hydrogens (primary N) is 1. The SMILES string of the molecule is CC(C)N1Cc2c(ccc3[nH]ncc23)CC(N)C1=O.CS(=O)(=O)O.CS(=O)(=O)O. The summed E-state index contributed by atoms with van der Waals surface area (Å²) < 4.78 is 51.7. The van der Waals surface area contributed by atoms with Crippen molar-refractivity contribution in [3.8, 4) is 0 Å². The van der Waals surface area contributed by atoms with Crippen LogP contribution in [0.3, 0.4) is 0 Å². The van der Waals surface area contributed by atoms with Crippen LogP contribution in [0.5, 0.6) is 0 Å². The topological polar surface area (TPSA) is 184 Å². The molecule has 5 N–H and O–H groups in total. The first-order valence-electron chi connectivity index (χ1n) is 8.42. The van der Waals surface area contributed by atoms with E-state index in [-0.39, 0.29) is 11.9 Å². The Morgan fingerprint density at radius 1 is 1.17 bits per heavy atom. The molecule has 1 aromatic carbocycles. The van der Waals surface area contributed by atoms with Gasteiger partial charge in [0.15, 0.2) is 0 Å². The van der Waals surface area contributed by atoms with Crippen LogP contribution in [0.1, 0.15) is 25.0 Å². The number of hydrogen-bond acceptors (Lipinski definition) is 7. The van der Waals surface area contributed by atoms with Crippen molar-refractivity contribution in [3.63, 3.8) is 0 Å². The highest BCUT2D eigenvalue weighted by Crippen LogP contribution is 2.27. The van der Waals surface area contributed by atoms with Crippen molar-refractivity contribution in [2.45, 2.75) is 38.9 Å². The van der Waals surface area contributed by atoms with E-state index in [2.05, 4.69) is 10.2 Å². The quantitative estimate of drug-likeness (QED) is 0.440. The number of fused-ring (bicyclic) bond motifs is 3. The summed E-state index contributed by atoms with van der Waals surface area (Å²) in [6, 6.07) is 3.75. The molecule has 11 nitrogen and oxygen atoms in total. The van der Waals surface area contributed by atoms with Crippen LogP contribution in [0.4, 0.5) is 0 Å². The van der Waals surface area contributed by atoms with Gasteiger partial charge in [0.25, 0.3) is 20.2 Å². The number of aromatic amines is 1. The van der Waals surface area contributed by atoms with Gasteiger partial charge in [-0.1, -0.05) is 6.07 Å². The average Bonchev–Trinajstić information content (AvgIpc) is 2.93. The highest BCUT2D eigenvalue weighted by Gasteiger charge is 2.29. The fourth-order valence-electron chi connectivity index (χ4n) is 2.72. The summed E-state index contributed by atoms with van der Waals surface area (Å²) in [5.74, 6) is 0.0304. The van der Waals surface area contributed by atoms with Crippen LogP contribution in [0.25, 0.3) is 10.9 Å². The number of aromatic nitrogens is 2. The van der Waals surface area contributed by atoms with Crippen LogP contribution >= 0.6 is 0 Å². The summed E-state index contributed by atoms with van der Waals surface area (Å²) in [4.78, 5) is 14.2. The number of hydrogen-bond donors (Lipinski definition) is 4. The average molecular weight is 451 g/mol. The van der Waals surface area contributed by atoms with E-state index in [1.807, 2.05) is 37.1 Å². The molecule has 0 fully saturated rings. The molecule has 2 heterocycles. The molecule has 1 amide bonds. The van der Waals surface area contributed by atoms with E-state index in [1.54, 1.807) is 0 Å². The first-order chi connectivity index (χ1) is 13.1. The highest BCUT2D eigenvalue weighted by molar-refractivity contribution is 7.85. The van der Waals surface area contributed by atoms with Gasteiger partial charge in [-0.25, -0.2) is 0 Å². The number of benzene rings is 1. The Labute approximate surface area is 169 Å². The molecule has 2 aromatic rings. The summed E-state index contributed by atoms with van der Waals surface area (Å²) in [6.45, 7) is 4.65. The van der Waals surface area contributed by atoms with Gasteiger partial charge in [-0.15, -0.1) is 0 Å². The van der Waals surface area contributed by atoms with E-state index in [1.165, 1.54) is 5.56 Å². The van der Waals surface area contributed by atoms with Gasteiger partial charge < -0.3 is 10.6 Å². The molecule has 1 aliphatic heterocycles. The lowest BCUT2D eigenvalue weighted by molar-refractivity contribution is -0.134. The van der Waals surface area contributed by atoms with Crippen molar-refractivity contribution in [1.82, 2.24) is 15.1 Å². The smallest absolute Gasteiger partial charge is 0.261 e. The van der Waals surface area contributed by atoms with Crippen LogP contribution < -0.4 is 5.73 Å². The molecule has 3 rings (SSSR count). The fourth-order valence-corrected chi connectivity index (χ4v) is 2.72. The van der Waals surface area contributed by atoms with Crippen LogP contribution in [0, 0.1) is 0 Å². The van der Waals surface area contributed by atoms with Gasteiger partial charge in [0.2, 0.25) is 5.91 Å². The third kappa shape index (κ3) is 8.87. The molecule has 1 aromatic heterocycles. The molecule has 1 atom stereocenters. The van der Waals surface area contributed by atoms with Crippen molar-refractivity contribution in [2.75, 3.05) is 12.5 Å². The van der Waals surface area contributed by atoms with Crippen LogP contribution in [-0.4, -0.2) is 71.5 Å². The van der Waals surface area contributed by atoms with Gasteiger partial charge >= 0.3 is 0 Å². The lowest BCUT2D eigenvalue weighted by Gasteiger charge is -2.27. The van der Waals surface area contributed by atoms with Crippen molar-refractivity contribution >= 4 is 37.0 Å². The maximum Gasteiger partial charge on any atom is 0.261 e. The normalized spacial score (nSPS) is 17.0. The summed E-state index contributed by atoms with van der Waals surface area (Å²) in [5.41, 5.74) is 9.35. The Morgan fingerprint density at radius 2 is 1.69 bits per heavy atom. The minimum atomic E-state index is -3.67. The van der Waals surface area contributed by atoms with E-state index in [0.29, 0.717) is 25.5 Å². The maximum atomic E-state index is 12.3. The number of nitrogens with zero attached hydrogens (tertiary/aromatic N) is 2. The fraction of sp³-hybridized carbons (Fsp3) is 0.500. The molecule has 0 spiro atoms. The van der Waals surface area contributed by atoms with Gasteiger partial charge in [0, 0.05) is 18.0 Å². The highest BCUT2D eigenvalue weighted by atomic mass is 32.2. The van der Waals surface area contributed by atoms with Gasteiger partial charge in [-0.05, 0) is 37.5 Å². The Kier molecular flexibility index (Phi) is 8.29. The number of amides is 1. The van der Waals surface area contributed by atoms with Crippen LogP contribution in [0.2, 0.25) is 0 Å². The number of carbonyl (C=O) groups is 1. The number of nitrogens with one attached hydrogen (secondary N) is 1. The van der Waals surface area contributed by atoms with Gasteiger partial charge in [0.05, 0.1) is 30.3 Å². The summed E-state index contributed by atoms with van der Waals surface area (Å²) >= 11 is 0. The van der Waals surface area contributed by atoms with Gasteiger partial charge in [0.1, 0.15) is 0 Å². The maximum absolute atomic E-state index is 12.3. The molecule has 164 valence electrons. The summed E-state index contributed by atoms with van der Waals surface area (Å²) in [7, 11) is -7.33. The largest absolute Gasteiger partial charge is 0.335 e. The van der Waals surface area contributed by atoms with Crippen LogP contribution in [-0.2, 0) is 38.0 Å². The molecule has 0 saturated heterocycles. The zero-order chi connectivity index (χ0) is 22.6.